The van der Waals surface area contributed by atoms with Gasteiger partial charge < -0.3 is 5.32 Å². The lowest BCUT2D eigenvalue weighted by Crippen LogP contribution is -2.38. The number of pyridine rings is 1. The molecule has 0 bridgehead atoms. The first kappa shape index (κ1) is 19.9. The second-order valence-corrected chi connectivity index (χ2v) is 7.11. The molecule has 0 spiro atoms. The van der Waals surface area contributed by atoms with E-state index in [4.69, 9.17) is 0 Å². The Balaban J connectivity index is 1.89. The number of hydrogen-bond acceptors (Lipinski definition) is 5. The number of alkyl halides is 3. The highest BCUT2D eigenvalue weighted by atomic mass is 32.2. The number of halogens is 3. The Morgan fingerprint density at radius 1 is 1.14 bits per heavy atom. The lowest BCUT2D eigenvalue weighted by Gasteiger charge is -2.14. The SMILES string of the molecule is CC(Sc1nnc(-c2ccncc2)n1-c1ccccc1)C(=O)NCC(F)(F)F. The van der Waals surface area contributed by atoms with E-state index in [0.29, 0.717) is 11.0 Å². The van der Waals surface area contributed by atoms with Gasteiger partial charge in [0.05, 0.1) is 5.25 Å². The molecule has 3 aromatic rings. The predicted octanol–water partition coefficient (Wildman–Crippen LogP) is 3.49. The third kappa shape index (κ3) is 4.89. The number of rotatable bonds is 6. The number of aromatic nitrogens is 4. The average molecular weight is 407 g/mol. The van der Waals surface area contributed by atoms with Crippen LogP contribution in [0.1, 0.15) is 6.92 Å². The van der Waals surface area contributed by atoms with Crippen LogP contribution in [0, 0.1) is 0 Å². The topological polar surface area (TPSA) is 72.7 Å². The largest absolute Gasteiger partial charge is 0.405 e. The Morgan fingerprint density at radius 3 is 2.46 bits per heavy atom. The van der Waals surface area contributed by atoms with Gasteiger partial charge in [-0.2, -0.15) is 13.2 Å². The standard InChI is InChI=1S/C18H16F3N5OS/c1-12(16(27)23-11-18(19,20)21)28-17-25-24-15(13-7-9-22-10-8-13)26(17)14-5-3-2-4-6-14/h2-10,12H,11H2,1H3,(H,23,27). The molecule has 6 nitrogen and oxygen atoms in total. The van der Waals surface area contributed by atoms with Crippen molar-refractivity contribution in [1.82, 2.24) is 25.1 Å². The Kier molecular flexibility index (Phi) is 5.98. The van der Waals surface area contributed by atoms with E-state index < -0.39 is 23.9 Å². The maximum atomic E-state index is 12.3. The van der Waals surface area contributed by atoms with Crippen LogP contribution in [0.15, 0.2) is 60.0 Å². The van der Waals surface area contributed by atoms with Crippen LogP contribution in [0.5, 0.6) is 0 Å². The van der Waals surface area contributed by atoms with Crippen LogP contribution < -0.4 is 5.32 Å². The van der Waals surface area contributed by atoms with Crippen molar-refractivity contribution >= 4 is 17.7 Å². The number of para-hydroxylation sites is 1. The van der Waals surface area contributed by atoms with Crippen molar-refractivity contribution < 1.29 is 18.0 Å². The summed E-state index contributed by atoms with van der Waals surface area (Å²) < 4.78 is 38.7. The zero-order valence-electron chi connectivity index (χ0n) is 14.7. The van der Waals surface area contributed by atoms with E-state index in [1.807, 2.05) is 35.6 Å². The maximum absolute atomic E-state index is 12.3. The highest BCUT2D eigenvalue weighted by Crippen LogP contribution is 2.30. The molecule has 1 unspecified atom stereocenters. The minimum absolute atomic E-state index is 0.396. The number of thioether (sulfide) groups is 1. The summed E-state index contributed by atoms with van der Waals surface area (Å²) in [6, 6.07) is 12.8. The number of benzene rings is 1. The van der Waals surface area contributed by atoms with E-state index in [0.717, 1.165) is 23.0 Å². The highest BCUT2D eigenvalue weighted by molar-refractivity contribution is 8.00. The average Bonchev–Trinajstić information content (AvgIpc) is 3.10. The summed E-state index contributed by atoms with van der Waals surface area (Å²) in [4.78, 5) is 16.0. The lowest BCUT2D eigenvalue weighted by atomic mass is 10.2. The fourth-order valence-corrected chi connectivity index (χ4v) is 3.28. The van der Waals surface area contributed by atoms with E-state index >= 15 is 0 Å². The number of carbonyl (C=O) groups excluding carboxylic acids is 1. The molecule has 0 aliphatic heterocycles. The first-order chi connectivity index (χ1) is 13.3. The summed E-state index contributed by atoms with van der Waals surface area (Å²) >= 11 is 1.03. The fraction of sp³-hybridized carbons (Fsp3) is 0.222. The molecule has 146 valence electrons. The molecule has 1 aromatic carbocycles. The molecule has 0 saturated carbocycles. The molecular weight excluding hydrogens is 391 g/mol. The van der Waals surface area contributed by atoms with E-state index in [-0.39, 0.29) is 0 Å². The summed E-state index contributed by atoms with van der Waals surface area (Å²) in [5.41, 5.74) is 1.54. The van der Waals surface area contributed by atoms with Crippen LogP contribution in [0.3, 0.4) is 0 Å². The summed E-state index contributed by atoms with van der Waals surface area (Å²) in [7, 11) is 0. The van der Waals surface area contributed by atoms with Crippen molar-refractivity contribution in [1.29, 1.82) is 0 Å². The van der Waals surface area contributed by atoms with Gasteiger partial charge in [-0.25, -0.2) is 0 Å². The summed E-state index contributed by atoms with van der Waals surface area (Å²) in [6.45, 7) is 0.150. The number of carbonyl (C=O) groups is 1. The van der Waals surface area contributed by atoms with Gasteiger partial charge in [-0.1, -0.05) is 30.0 Å². The molecule has 0 saturated heterocycles. The first-order valence-corrected chi connectivity index (χ1v) is 9.15. The molecule has 2 aromatic heterocycles. The molecule has 2 heterocycles. The molecule has 3 rings (SSSR count). The van der Waals surface area contributed by atoms with Crippen LogP contribution in [-0.4, -0.2) is 43.6 Å². The Hall–Kier alpha value is -2.88. The van der Waals surface area contributed by atoms with Gasteiger partial charge in [0, 0.05) is 23.6 Å². The minimum Gasteiger partial charge on any atom is -0.346 e. The molecule has 10 heteroatoms. The van der Waals surface area contributed by atoms with Crippen LogP contribution in [-0.2, 0) is 4.79 Å². The molecule has 1 atom stereocenters. The van der Waals surface area contributed by atoms with Crippen molar-refractivity contribution in [3.63, 3.8) is 0 Å². The van der Waals surface area contributed by atoms with E-state index in [2.05, 4.69) is 15.2 Å². The third-order valence-corrected chi connectivity index (χ3v) is 4.74. The zero-order valence-corrected chi connectivity index (χ0v) is 15.5. The molecule has 0 aliphatic carbocycles. The molecule has 1 N–H and O–H groups in total. The highest BCUT2D eigenvalue weighted by Gasteiger charge is 2.29. The van der Waals surface area contributed by atoms with Crippen LogP contribution in [0.4, 0.5) is 13.2 Å². The van der Waals surface area contributed by atoms with Gasteiger partial charge in [-0.05, 0) is 31.2 Å². The van der Waals surface area contributed by atoms with Gasteiger partial charge in [-0.15, -0.1) is 10.2 Å². The van der Waals surface area contributed by atoms with E-state index in [1.165, 1.54) is 6.92 Å². The number of amides is 1. The molecule has 1 amide bonds. The zero-order chi connectivity index (χ0) is 20.1. The van der Waals surface area contributed by atoms with Crippen LogP contribution in [0.2, 0.25) is 0 Å². The lowest BCUT2D eigenvalue weighted by molar-refractivity contribution is -0.137. The number of nitrogens with zero attached hydrogens (tertiary/aromatic N) is 4. The Bertz CT molecular complexity index is 931. The summed E-state index contributed by atoms with van der Waals surface area (Å²) in [5.74, 6) is -0.186. The fourth-order valence-electron chi connectivity index (χ4n) is 2.39. The predicted molar refractivity (Wildman–Crippen MR) is 99.0 cm³/mol. The second kappa shape index (κ2) is 8.42. The minimum atomic E-state index is -4.46. The van der Waals surface area contributed by atoms with Gasteiger partial charge in [0.15, 0.2) is 11.0 Å². The van der Waals surface area contributed by atoms with Crippen molar-refractivity contribution in [2.75, 3.05) is 6.54 Å². The molecule has 28 heavy (non-hydrogen) atoms. The second-order valence-electron chi connectivity index (χ2n) is 5.81. The van der Waals surface area contributed by atoms with Crippen molar-refractivity contribution in [2.24, 2.45) is 0 Å². The monoisotopic (exact) mass is 407 g/mol. The summed E-state index contributed by atoms with van der Waals surface area (Å²) in [5, 5.41) is 9.86. The molecule has 0 aliphatic rings. The normalized spacial score (nSPS) is 12.6. The first-order valence-electron chi connectivity index (χ1n) is 8.27. The summed E-state index contributed by atoms with van der Waals surface area (Å²) in [6.07, 6.45) is -1.21. The molecule has 0 radical (unpaired) electrons. The van der Waals surface area contributed by atoms with E-state index in [1.54, 1.807) is 29.1 Å². The third-order valence-electron chi connectivity index (χ3n) is 3.70. The number of hydrogen-bond donors (Lipinski definition) is 1. The van der Waals surface area contributed by atoms with Gasteiger partial charge in [0.2, 0.25) is 5.91 Å². The number of nitrogens with one attached hydrogen (secondary N) is 1. The Morgan fingerprint density at radius 2 is 1.82 bits per heavy atom. The van der Waals surface area contributed by atoms with Crippen molar-refractivity contribution in [3.05, 3.63) is 54.9 Å². The van der Waals surface area contributed by atoms with Crippen LogP contribution >= 0.6 is 11.8 Å². The quantitative estimate of drug-likeness (QED) is 0.634. The Labute approximate surface area is 163 Å². The van der Waals surface area contributed by atoms with Gasteiger partial charge >= 0.3 is 6.18 Å². The maximum Gasteiger partial charge on any atom is 0.405 e. The van der Waals surface area contributed by atoms with Crippen LogP contribution in [0.25, 0.3) is 17.1 Å². The van der Waals surface area contributed by atoms with Gasteiger partial charge in [0.1, 0.15) is 6.54 Å². The van der Waals surface area contributed by atoms with Crippen molar-refractivity contribution in [2.45, 2.75) is 23.5 Å². The van der Waals surface area contributed by atoms with Crippen molar-refractivity contribution in [3.8, 4) is 17.1 Å². The van der Waals surface area contributed by atoms with E-state index in [9.17, 15) is 18.0 Å². The molecule has 0 fully saturated rings. The van der Waals surface area contributed by atoms with Gasteiger partial charge in [0.25, 0.3) is 0 Å². The molecular formula is C18H16F3N5OS. The van der Waals surface area contributed by atoms with Gasteiger partial charge in [-0.3, -0.25) is 14.3 Å². The smallest absolute Gasteiger partial charge is 0.346 e.